The molecule has 5 nitrogen and oxygen atoms in total. The van der Waals surface area contributed by atoms with E-state index in [9.17, 15) is 9.59 Å². The quantitative estimate of drug-likeness (QED) is 0.845. The highest BCUT2D eigenvalue weighted by molar-refractivity contribution is 6.05. The Bertz CT molecular complexity index is 510. The second-order valence-electron chi connectivity index (χ2n) is 4.59. The van der Waals surface area contributed by atoms with Crippen LogP contribution in [0.2, 0.25) is 0 Å². The molecule has 19 heavy (non-hydrogen) atoms. The van der Waals surface area contributed by atoms with Crippen LogP contribution in [0.1, 0.15) is 18.1 Å². The number of methoxy groups -OCH3 is 1. The van der Waals surface area contributed by atoms with Crippen molar-refractivity contribution in [2.45, 2.75) is 20.8 Å². The predicted octanol–water partition coefficient (Wildman–Crippen LogP) is 2.00. The maximum absolute atomic E-state index is 12.1. The SMILES string of the molecule is COc1c(C)cc(C)cc1N(C)C(=O)C(C)C(=O)O. The van der Waals surface area contributed by atoms with Gasteiger partial charge in [-0.3, -0.25) is 9.59 Å². The molecule has 1 aromatic rings. The topological polar surface area (TPSA) is 66.8 Å². The molecule has 0 aliphatic rings. The van der Waals surface area contributed by atoms with Crippen LogP contribution in [0.5, 0.6) is 5.75 Å². The smallest absolute Gasteiger partial charge is 0.315 e. The van der Waals surface area contributed by atoms with Gasteiger partial charge < -0.3 is 14.7 Å². The molecule has 1 unspecified atom stereocenters. The van der Waals surface area contributed by atoms with Gasteiger partial charge in [0.25, 0.3) is 0 Å². The standard InChI is InChI=1S/C14H19NO4/c1-8-6-9(2)12(19-5)11(7-8)15(4)13(16)10(3)14(17)18/h6-7,10H,1-5H3,(H,17,18). The zero-order chi connectivity index (χ0) is 14.7. The normalized spacial score (nSPS) is 11.8. The van der Waals surface area contributed by atoms with Crippen LogP contribution in [0.4, 0.5) is 5.69 Å². The van der Waals surface area contributed by atoms with Crippen LogP contribution in [0.25, 0.3) is 0 Å². The van der Waals surface area contributed by atoms with E-state index in [2.05, 4.69) is 0 Å². The van der Waals surface area contributed by atoms with E-state index in [-0.39, 0.29) is 0 Å². The van der Waals surface area contributed by atoms with Crippen molar-refractivity contribution in [2.75, 3.05) is 19.1 Å². The first-order valence-electron chi connectivity index (χ1n) is 5.95. The Morgan fingerprint density at radius 2 is 1.89 bits per heavy atom. The first-order chi connectivity index (χ1) is 8.79. The molecule has 0 saturated carbocycles. The number of carboxylic acids is 1. The van der Waals surface area contributed by atoms with Gasteiger partial charge in [0.2, 0.25) is 5.91 Å². The van der Waals surface area contributed by atoms with Crippen molar-refractivity contribution in [1.29, 1.82) is 0 Å². The summed E-state index contributed by atoms with van der Waals surface area (Å²) in [6, 6.07) is 3.75. The lowest BCUT2D eigenvalue weighted by molar-refractivity contribution is -0.145. The molecule has 0 spiro atoms. The van der Waals surface area contributed by atoms with Gasteiger partial charge in [-0.15, -0.1) is 0 Å². The second-order valence-corrected chi connectivity index (χ2v) is 4.59. The molecule has 0 fully saturated rings. The van der Waals surface area contributed by atoms with E-state index < -0.39 is 17.8 Å². The monoisotopic (exact) mass is 265 g/mol. The fourth-order valence-electron chi connectivity index (χ4n) is 1.96. The Labute approximate surface area is 112 Å². The minimum absolute atomic E-state index is 0.476. The number of rotatable bonds is 4. The molecule has 0 saturated heterocycles. The fourth-order valence-corrected chi connectivity index (χ4v) is 1.96. The number of aliphatic carboxylic acids is 1. The Morgan fingerprint density at radius 1 is 1.32 bits per heavy atom. The summed E-state index contributed by atoms with van der Waals surface area (Å²) >= 11 is 0. The summed E-state index contributed by atoms with van der Waals surface area (Å²) in [5.74, 6) is -2.12. The van der Waals surface area contributed by atoms with E-state index in [1.165, 1.54) is 18.9 Å². The van der Waals surface area contributed by atoms with Gasteiger partial charge >= 0.3 is 5.97 Å². The lowest BCUT2D eigenvalue weighted by atomic mass is 10.1. The van der Waals surface area contributed by atoms with Crippen molar-refractivity contribution in [3.63, 3.8) is 0 Å². The molecule has 1 rings (SSSR count). The first-order valence-corrected chi connectivity index (χ1v) is 5.95. The van der Waals surface area contributed by atoms with Gasteiger partial charge in [-0.05, 0) is 38.0 Å². The molecule has 0 bridgehead atoms. The van der Waals surface area contributed by atoms with Gasteiger partial charge in [0.15, 0.2) is 0 Å². The number of ether oxygens (including phenoxy) is 1. The molecule has 1 amide bonds. The zero-order valence-corrected chi connectivity index (χ0v) is 11.9. The molecular formula is C14H19NO4. The van der Waals surface area contributed by atoms with Gasteiger partial charge in [0.05, 0.1) is 12.8 Å². The number of nitrogens with zero attached hydrogens (tertiary/aromatic N) is 1. The summed E-state index contributed by atoms with van der Waals surface area (Å²) < 4.78 is 5.30. The lowest BCUT2D eigenvalue weighted by Crippen LogP contribution is -2.35. The lowest BCUT2D eigenvalue weighted by Gasteiger charge is -2.23. The molecule has 104 valence electrons. The molecular weight excluding hydrogens is 246 g/mol. The molecule has 0 aliphatic heterocycles. The highest BCUT2D eigenvalue weighted by atomic mass is 16.5. The Hall–Kier alpha value is -2.04. The third kappa shape index (κ3) is 3.05. The van der Waals surface area contributed by atoms with E-state index >= 15 is 0 Å². The predicted molar refractivity (Wildman–Crippen MR) is 72.7 cm³/mol. The average Bonchev–Trinajstić information content (AvgIpc) is 2.35. The van der Waals surface area contributed by atoms with Gasteiger partial charge in [-0.2, -0.15) is 0 Å². The number of anilines is 1. The number of hydrogen-bond acceptors (Lipinski definition) is 3. The van der Waals surface area contributed by atoms with Crippen LogP contribution in [-0.2, 0) is 9.59 Å². The van der Waals surface area contributed by atoms with Gasteiger partial charge in [0, 0.05) is 7.05 Å². The van der Waals surface area contributed by atoms with Gasteiger partial charge in [-0.25, -0.2) is 0 Å². The highest BCUT2D eigenvalue weighted by Crippen LogP contribution is 2.33. The van der Waals surface area contributed by atoms with Crippen LogP contribution in [0, 0.1) is 19.8 Å². The summed E-state index contributed by atoms with van der Waals surface area (Å²) in [6.45, 7) is 5.17. The van der Waals surface area contributed by atoms with Gasteiger partial charge in [0.1, 0.15) is 11.7 Å². The summed E-state index contributed by atoms with van der Waals surface area (Å²) in [6.07, 6.45) is 0. The molecule has 1 N–H and O–H groups in total. The maximum atomic E-state index is 12.1. The van der Waals surface area contributed by atoms with Crippen molar-refractivity contribution in [1.82, 2.24) is 0 Å². The van der Waals surface area contributed by atoms with Crippen molar-refractivity contribution >= 4 is 17.6 Å². The van der Waals surface area contributed by atoms with Crippen LogP contribution in [0.15, 0.2) is 12.1 Å². The van der Waals surface area contributed by atoms with Crippen molar-refractivity contribution in [3.05, 3.63) is 23.3 Å². The minimum Gasteiger partial charge on any atom is -0.494 e. The van der Waals surface area contributed by atoms with Crippen molar-refractivity contribution < 1.29 is 19.4 Å². The molecule has 1 atom stereocenters. The molecule has 0 heterocycles. The van der Waals surface area contributed by atoms with Crippen molar-refractivity contribution in [2.24, 2.45) is 5.92 Å². The van der Waals surface area contributed by atoms with E-state index in [1.807, 2.05) is 19.9 Å². The molecule has 5 heteroatoms. The van der Waals surface area contributed by atoms with E-state index in [1.54, 1.807) is 13.1 Å². The fraction of sp³-hybridized carbons (Fsp3) is 0.429. The van der Waals surface area contributed by atoms with E-state index in [0.29, 0.717) is 11.4 Å². The summed E-state index contributed by atoms with van der Waals surface area (Å²) in [5.41, 5.74) is 2.47. The number of hydrogen-bond donors (Lipinski definition) is 1. The average molecular weight is 265 g/mol. The summed E-state index contributed by atoms with van der Waals surface area (Å²) in [4.78, 5) is 24.3. The van der Waals surface area contributed by atoms with Crippen LogP contribution < -0.4 is 9.64 Å². The van der Waals surface area contributed by atoms with Crippen LogP contribution >= 0.6 is 0 Å². The van der Waals surface area contributed by atoms with E-state index in [4.69, 9.17) is 9.84 Å². The van der Waals surface area contributed by atoms with Crippen LogP contribution in [0.3, 0.4) is 0 Å². The first kappa shape index (κ1) is 15.0. The number of carboxylic acid groups (broad SMARTS) is 1. The molecule has 0 aromatic heterocycles. The Balaban J connectivity index is 3.22. The Kier molecular flexibility index (Phi) is 4.53. The molecule has 0 radical (unpaired) electrons. The molecule has 1 aromatic carbocycles. The third-order valence-corrected chi connectivity index (χ3v) is 3.04. The number of carbonyl (C=O) groups is 2. The maximum Gasteiger partial charge on any atom is 0.315 e. The van der Waals surface area contributed by atoms with E-state index in [0.717, 1.165) is 11.1 Å². The summed E-state index contributed by atoms with van der Waals surface area (Å²) in [5, 5.41) is 8.91. The summed E-state index contributed by atoms with van der Waals surface area (Å²) in [7, 11) is 3.08. The number of amides is 1. The number of carbonyl (C=O) groups excluding carboxylic acids is 1. The van der Waals surface area contributed by atoms with Crippen molar-refractivity contribution in [3.8, 4) is 5.75 Å². The Morgan fingerprint density at radius 3 is 2.37 bits per heavy atom. The third-order valence-electron chi connectivity index (χ3n) is 3.04. The zero-order valence-electron chi connectivity index (χ0n) is 11.9. The number of benzene rings is 1. The number of aryl methyl sites for hydroxylation is 2. The highest BCUT2D eigenvalue weighted by Gasteiger charge is 2.26. The molecule has 0 aliphatic carbocycles. The van der Waals surface area contributed by atoms with Gasteiger partial charge in [-0.1, -0.05) is 6.07 Å². The minimum atomic E-state index is -1.14. The second kappa shape index (κ2) is 5.73. The van der Waals surface area contributed by atoms with Crippen LogP contribution in [-0.4, -0.2) is 31.1 Å². The largest absolute Gasteiger partial charge is 0.494 e.